The van der Waals surface area contributed by atoms with Crippen LogP contribution in [0.25, 0.3) is 0 Å². The zero-order chi connectivity index (χ0) is 30.1. The van der Waals surface area contributed by atoms with Gasteiger partial charge in [0.1, 0.15) is 0 Å². The Morgan fingerprint density at radius 2 is 1.45 bits per heavy atom. The minimum Gasteiger partial charge on any atom is -0.371 e. The lowest BCUT2D eigenvalue weighted by atomic mass is 9.88. The van der Waals surface area contributed by atoms with Crippen LogP contribution >= 0.6 is 0 Å². The quantitative estimate of drug-likeness (QED) is 0.233. The van der Waals surface area contributed by atoms with Gasteiger partial charge < -0.3 is 14.3 Å². The number of nitrogens with zero attached hydrogens (tertiary/aromatic N) is 4. The zero-order valence-electron chi connectivity index (χ0n) is 23.9. The fraction of sp³-hybridized carbons (Fsp3) is 0.548. The van der Waals surface area contributed by atoms with Crippen molar-refractivity contribution in [3.05, 3.63) is 69.6 Å². The molecule has 0 bridgehead atoms. The van der Waals surface area contributed by atoms with Crippen LogP contribution in [0.2, 0.25) is 0 Å². The molecule has 11 heteroatoms. The van der Waals surface area contributed by atoms with Gasteiger partial charge in [0.15, 0.2) is 0 Å². The molecule has 5 rings (SSSR count). The predicted octanol–water partition coefficient (Wildman–Crippen LogP) is 8.52. The summed E-state index contributed by atoms with van der Waals surface area (Å²) in [5, 5.41) is 3.99. The van der Waals surface area contributed by atoms with Crippen molar-refractivity contribution in [2.45, 2.75) is 90.7 Å². The van der Waals surface area contributed by atoms with Crippen LogP contribution in [0.3, 0.4) is 0 Å². The summed E-state index contributed by atoms with van der Waals surface area (Å²) in [5.74, 6) is 0.943. The van der Waals surface area contributed by atoms with E-state index < -0.39 is 23.5 Å². The highest BCUT2D eigenvalue weighted by molar-refractivity contribution is 5.60. The van der Waals surface area contributed by atoms with Gasteiger partial charge in [0.25, 0.3) is 5.95 Å². The molecule has 0 atom stereocenters. The molecule has 0 N–H and O–H groups in total. The van der Waals surface area contributed by atoms with Crippen LogP contribution in [0.1, 0.15) is 84.7 Å². The Hall–Kier alpha value is -3.24. The molecule has 0 aliphatic heterocycles. The van der Waals surface area contributed by atoms with Crippen molar-refractivity contribution in [2.24, 2.45) is 5.92 Å². The van der Waals surface area contributed by atoms with Gasteiger partial charge in [0, 0.05) is 38.8 Å². The second-order valence-electron chi connectivity index (χ2n) is 11.5. The normalized spacial score (nSPS) is 16.1. The molecule has 1 fully saturated rings. The number of aromatic nitrogens is 2. The molecule has 0 unspecified atom stereocenters. The summed E-state index contributed by atoms with van der Waals surface area (Å²) in [5.41, 5.74) is 1.68. The second kappa shape index (κ2) is 12.2. The summed E-state index contributed by atoms with van der Waals surface area (Å²) >= 11 is 0. The molecular formula is C31H36F6N4O. The van der Waals surface area contributed by atoms with Gasteiger partial charge in [-0.25, -0.2) is 0 Å². The van der Waals surface area contributed by atoms with Crippen LogP contribution in [-0.2, 0) is 38.3 Å². The molecule has 2 aliphatic rings. The van der Waals surface area contributed by atoms with E-state index in [1.54, 1.807) is 11.8 Å². The number of hydrogen-bond donors (Lipinski definition) is 0. The Bertz CT molecular complexity index is 1340. The van der Waals surface area contributed by atoms with Gasteiger partial charge in [-0.05, 0) is 96.6 Å². The first-order valence-corrected chi connectivity index (χ1v) is 14.6. The average molecular weight is 595 g/mol. The van der Waals surface area contributed by atoms with Crippen molar-refractivity contribution in [3.8, 4) is 0 Å². The second-order valence-corrected chi connectivity index (χ2v) is 11.5. The Morgan fingerprint density at radius 1 is 0.810 bits per heavy atom. The summed E-state index contributed by atoms with van der Waals surface area (Å²) in [7, 11) is 0. The van der Waals surface area contributed by atoms with Crippen LogP contribution in [0, 0.1) is 12.8 Å². The van der Waals surface area contributed by atoms with Gasteiger partial charge in [0.2, 0.25) is 5.89 Å². The van der Waals surface area contributed by atoms with Gasteiger partial charge >= 0.3 is 12.4 Å². The number of benzene rings is 2. The third kappa shape index (κ3) is 7.03. The van der Waals surface area contributed by atoms with Gasteiger partial charge in [-0.2, -0.15) is 31.3 Å². The van der Waals surface area contributed by atoms with E-state index in [1.807, 2.05) is 0 Å². The monoisotopic (exact) mass is 594 g/mol. The van der Waals surface area contributed by atoms with Gasteiger partial charge in [0.05, 0.1) is 11.1 Å². The maximum absolute atomic E-state index is 13.6. The number of rotatable bonds is 9. The summed E-state index contributed by atoms with van der Waals surface area (Å²) in [4.78, 5) is 8.27. The van der Waals surface area contributed by atoms with E-state index in [0.717, 1.165) is 55.7 Å². The van der Waals surface area contributed by atoms with E-state index in [4.69, 9.17) is 4.52 Å². The summed E-state index contributed by atoms with van der Waals surface area (Å²) in [6.07, 6.45) is -0.826. The van der Waals surface area contributed by atoms with Crippen LogP contribution in [0.15, 0.2) is 34.9 Å². The van der Waals surface area contributed by atoms with Crippen molar-refractivity contribution >= 4 is 11.6 Å². The standard InChI is InChI=1S/C31H36F6N4O/c1-3-40(17-21-8-5-4-6-9-21)28-15-24-11-7-10-23(24)14-25(28)19-41(29-38-20(2)42-39-29)18-22-12-26(30(32,33)34)16-27(13-22)31(35,36)37/h12-16,21H,3-11,17-19H2,1-2H3. The maximum atomic E-state index is 13.6. The lowest BCUT2D eigenvalue weighted by Crippen LogP contribution is -2.32. The first-order chi connectivity index (χ1) is 19.9. The number of fused-ring (bicyclic) bond motifs is 1. The largest absolute Gasteiger partial charge is 0.416 e. The number of aryl methyl sites for hydroxylation is 3. The average Bonchev–Trinajstić information content (AvgIpc) is 3.59. The Labute approximate surface area is 241 Å². The Morgan fingerprint density at radius 3 is 2.02 bits per heavy atom. The summed E-state index contributed by atoms with van der Waals surface area (Å²) < 4.78 is 86.9. The van der Waals surface area contributed by atoms with E-state index in [0.29, 0.717) is 5.92 Å². The molecule has 228 valence electrons. The van der Waals surface area contributed by atoms with Crippen molar-refractivity contribution in [1.29, 1.82) is 0 Å². The minimum atomic E-state index is -4.93. The maximum Gasteiger partial charge on any atom is 0.416 e. The number of alkyl halides is 6. The van der Waals surface area contributed by atoms with E-state index >= 15 is 0 Å². The van der Waals surface area contributed by atoms with E-state index in [2.05, 4.69) is 34.1 Å². The lowest BCUT2D eigenvalue weighted by molar-refractivity contribution is -0.143. The number of halogens is 6. The summed E-state index contributed by atoms with van der Waals surface area (Å²) in [6.45, 7) is 5.32. The molecule has 42 heavy (non-hydrogen) atoms. The number of anilines is 2. The first kappa shape index (κ1) is 30.2. The van der Waals surface area contributed by atoms with Gasteiger partial charge in [-0.1, -0.05) is 25.3 Å². The third-order valence-electron chi connectivity index (χ3n) is 8.40. The molecular weight excluding hydrogens is 558 g/mol. The molecule has 0 amide bonds. The lowest BCUT2D eigenvalue weighted by Gasteiger charge is -2.33. The van der Waals surface area contributed by atoms with Crippen LogP contribution in [0.5, 0.6) is 0 Å². The highest BCUT2D eigenvalue weighted by Crippen LogP contribution is 2.38. The summed E-state index contributed by atoms with van der Waals surface area (Å²) in [6, 6.07) is 6.06. The molecule has 1 saturated carbocycles. The first-order valence-electron chi connectivity index (χ1n) is 14.6. The van der Waals surface area contributed by atoms with Crippen LogP contribution < -0.4 is 9.80 Å². The van der Waals surface area contributed by atoms with Gasteiger partial charge in [-0.3, -0.25) is 0 Å². The molecule has 2 aromatic carbocycles. The molecule has 3 aromatic rings. The smallest absolute Gasteiger partial charge is 0.371 e. The highest BCUT2D eigenvalue weighted by atomic mass is 19.4. The highest BCUT2D eigenvalue weighted by Gasteiger charge is 2.37. The zero-order valence-corrected chi connectivity index (χ0v) is 23.9. The van der Waals surface area contributed by atoms with Crippen molar-refractivity contribution < 1.29 is 30.9 Å². The van der Waals surface area contributed by atoms with Crippen molar-refractivity contribution in [3.63, 3.8) is 0 Å². The molecule has 0 saturated heterocycles. The Balaban J connectivity index is 1.53. The van der Waals surface area contributed by atoms with E-state index in [9.17, 15) is 26.3 Å². The van der Waals surface area contributed by atoms with E-state index in [-0.39, 0.29) is 36.6 Å². The fourth-order valence-electron chi connectivity index (χ4n) is 6.31. The number of hydrogen-bond acceptors (Lipinski definition) is 5. The van der Waals surface area contributed by atoms with Gasteiger partial charge in [-0.15, -0.1) is 0 Å². The third-order valence-corrected chi connectivity index (χ3v) is 8.40. The predicted molar refractivity (Wildman–Crippen MR) is 148 cm³/mol. The molecule has 1 aromatic heterocycles. The molecule has 5 nitrogen and oxygen atoms in total. The van der Waals surface area contributed by atoms with Crippen molar-refractivity contribution in [2.75, 3.05) is 22.9 Å². The van der Waals surface area contributed by atoms with Crippen molar-refractivity contribution in [1.82, 2.24) is 10.1 Å². The van der Waals surface area contributed by atoms with E-state index in [1.165, 1.54) is 43.2 Å². The van der Waals surface area contributed by atoms with Crippen LogP contribution in [0.4, 0.5) is 38.0 Å². The molecule has 0 spiro atoms. The molecule has 1 heterocycles. The minimum absolute atomic E-state index is 0.111. The van der Waals surface area contributed by atoms with Crippen LogP contribution in [-0.4, -0.2) is 23.2 Å². The molecule has 2 aliphatic carbocycles. The SMILES string of the molecule is CCN(CC1CCCCC1)c1cc2c(cc1CN(Cc1cc(C(F)(F)F)cc(C(F)(F)F)c1)c1noc(C)n1)CCC2. The molecule has 0 radical (unpaired) electrons. The Kier molecular flexibility index (Phi) is 8.76. The topological polar surface area (TPSA) is 45.4 Å². The fourth-order valence-corrected chi connectivity index (χ4v) is 6.31.